The van der Waals surface area contributed by atoms with Crippen LogP contribution in [0.15, 0.2) is 183 Å². The number of nitrogens with zero attached hydrogens (tertiary/aromatic N) is 4. The number of pyridine rings is 2. The van der Waals surface area contributed by atoms with Gasteiger partial charge in [0.1, 0.15) is 0 Å². The first-order valence-corrected chi connectivity index (χ1v) is 16.9. The Morgan fingerprint density at radius 3 is 1.08 bits per heavy atom. The van der Waals surface area contributed by atoms with Crippen LogP contribution < -0.4 is 0 Å². The molecule has 0 saturated carbocycles. The van der Waals surface area contributed by atoms with Gasteiger partial charge in [-0.15, -0.1) is 0 Å². The molecule has 0 amide bonds. The zero-order valence-electron chi connectivity index (χ0n) is 27.1. The van der Waals surface area contributed by atoms with Gasteiger partial charge in [0.2, 0.25) is 0 Å². The van der Waals surface area contributed by atoms with Gasteiger partial charge in [-0.05, 0) is 94.0 Å². The largest absolute Gasteiger partial charge is 0.309 e. The Kier molecular flexibility index (Phi) is 6.46. The molecule has 0 spiro atoms. The fraction of sp³-hybridized carbons (Fsp3) is 0. The van der Waals surface area contributed by atoms with E-state index >= 15 is 0 Å². The van der Waals surface area contributed by atoms with E-state index in [2.05, 4.69) is 177 Å². The molecule has 4 heteroatoms. The van der Waals surface area contributed by atoms with Crippen molar-refractivity contribution in [3.8, 4) is 44.8 Å². The SMILES string of the molecule is c1ccc(-c2ccc3c(c2)c2cnccc2n3-c2ccc(-c3ccc(-n4c5ccncc5c5cc(-c6ccccc6)ccc54)cc3)cc2)cc1. The summed E-state index contributed by atoms with van der Waals surface area (Å²) in [6, 6.07) is 56.5. The van der Waals surface area contributed by atoms with Crippen LogP contribution in [0, 0.1) is 0 Å². The molecule has 4 aromatic heterocycles. The molecule has 0 N–H and O–H groups in total. The summed E-state index contributed by atoms with van der Waals surface area (Å²) in [6.07, 6.45) is 7.71. The molecule has 0 radical (unpaired) electrons. The van der Waals surface area contributed by atoms with Crippen molar-refractivity contribution in [3.05, 3.63) is 183 Å². The predicted molar refractivity (Wildman–Crippen MR) is 207 cm³/mol. The third-order valence-corrected chi connectivity index (χ3v) is 9.93. The Morgan fingerprint density at radius 2 is 0.660 bits per heavy atom. The van der Waals surface area contributed by atoms with Crippen molar-refractivity contribution >= 4 is 43.6 Å². The van der Waals surface area contributed by atoms with Crippen LogP contribution in [0.5, 0.6) is 0 Å². The molecule has 0 saturated heterocycles. The molecule has 0 aliphatic rings. The van der Waals surface area contributed by atoms with Crippen LogP contribution in [-0.4, -0.2) is 19.1 Å². The average Bonchev–Trinajstić information content (AvgIpc) is 3.71. The first-order chi connectivity index (χ1) is 24.8. The van der Waals surface area contributed by atoms with Gasteiger partial charge in [0, 0.05) is 57.7 Å². The Labute approximate surface area is 289 Å². The molecule has 0 aliphatic heterocycles. The summed E-state index contributed by atoms with van der Waals surface area (Å²) in [5.74, 6) is 0. The average molecular weight is 639 g/mol. The summed E-state index contributed by atoms with van der Waals surface area (Å²) in [4.78, 5) is 8.97. The van der Waals surface area contributed by atoms with Gasteiger partial charge < -0.3 is 9.13 Å². The van der Waals surface area contributed by atoms with Crippen molar-refractivity contribution in [2.45, 2.75) is 0 Å². The van der Waals surface area contributed by atoms with Crippen molar-refractivity contribution in [1.82, 2.24) is 19.1 Å². The van der Waals surface area contributed by atoms with E-state index in [0.29, 0.717) is 0 Å². The molecule has 0 aliphatic carbocycles. The highest BCUT2D eigenvalue weighted by Gasteiger charge is 2.16. The lowest BCUT2D eigenvalue weighted by atomic mass is 10.0. The summed E-state index contributed by atoms with van der Waals surface area (Å²) in [5.41, 5.74) is 14.1. The summed E-state index contributed by atoms with van der Waals surface area (Å²) < 4.78 is 4.68. The zero-order valence-corrected chi connectivity index (χ0v) is 27.1. The summed E-state index contributed by atoms with van der Waals surface area (Å²) in [7, 11) is 0. The minimum Gasteiger partial charge on any atom is -0.309 e. The molecule has 10 aromatic rings. The first kappa shape index (κ1) is 28.3. The van der Waals surface area contributed by atoms with Crippen LogP contribution in [-0.2, 0) is 0 Å². The Hall–Kier alpha value is -6.78. The minimum atomic E-state index is 1.12. The van der Waals surface area contributed by atoms with E-state index in [-0.39, 0.29) is 0 Å². The zero-order chi connectivity index (χ0) is 33.0. The quantitative estimate of drug-likeness (QED) is 0.188. The van der Waals surface area contributed by atoms with Gasteiger partial charge in [-0.2, -0.15) is 0 Å². The van der Waals surface area contributed by atoms with Crippen molar-refractivity contribution in [2.24, 2.45) is 0 Å². The van der Waals surface area contributed by atoms with Crippen LogP contribution in [0.1, 0.15) is 0 Å². The summed E-state index contributed by atoms with van der Waals surface area (Å²) >= 11 is 0. The highest BCUT2D eigenvalue weighted by Crippen LogP contribution is 2.37. The molecular formula is C46H30N4. The Bertz CT molecular complexity index is 2630. The van der Waals surface area contributed by atoms with E-state index in [9.17, 15) is 0 Å². The molecule has 6 aromatic carbocycles. The maximum absolute atomic E-state index is 4.48. The first-order valence-electron chi connectivity index (χ1n) is 16.9. The van der Waals surface area contributed by atoms with Gasteiger partial charge in [-0.25, -0.2) is 0 Å². The third-order valence-electron chi connectivity index (χ3n) is 9.93. The minimum absolute atomic E-state index is 1.12. The van der Waals surface area contributed by atoms with E-state index < -0.39 is 0 Å². The van der Waals surface area contributed by atoms with Gasteiger partial charge >= 0.3 is 0 Å². The number of benzene rings is 6. The van der Waals surface area contributed by atoms with Gasteiger partial charge in [0.05, 0.1) is 22.1 Å². The number of aromatic nitrogens is 4. The molecule has 0 fully saturated rings. The molecule has 4 nitrogen and oxygen atoms in total. The Balaban J connectivity index is 1.01. The van der Waals surface area contributed by atoms with Crippen molar-refractivity contribution in [2.75, 3.05) is 0 Å². The highest BCUT2D eigenvalue weighted by molar-refractivity contribution is 6.11. The second-order valence-corrected chi connectivity index (χ2v) is 12.7. The van der Waals surface area contributed by atoms with Crippen molar-refractivity contribution in [3.63, 3.8) is 0 Å². The van der Waals surface area contributed by atoms with Gasteiger partial charge in [-0.1, -0.05) is 97.1 Å². The number of hydrogen-bond acceptors (Lipinski definition) is 2. The molecule has 4 heterocycles. The Morgan fingerprint density at radius 1 is 0.300 bits per heavy atom. The van der Waals surface area contributed by atoms with Crippen LogP contribution in [0.4, 0.5) is 0 Å². The fourth-order valence-corrected chi connectivity index (χ4v) is 7.51. The smallest absolute Gasteiger partial charge is 0.0571 e. The van der Waals surface area contributed by atoms with Crippen LogP contribution >= 0.6 is 0 Å². The van der Waals surface area contributed by atoms with E-state index in [1.807, 2.05) is 24.8 Å². The lowest BCUT2D eigenvalue weighted by molar-refractivity contribution is 1.17. The molecule has 0 bridgehead atoms. The van der Waals surface area contributed by atoms with Crippen molar-refractivity contribution in [1.29, 1.82) is 0 Å². The van der Waals surface area contributed by atoms with E-state index in [0.717, 1.165) is 33.2 Å². The fourth-order valence-electron chi connectivity index (χ4n) is 7.51. The number of fused-ring (bicyclic) bond motifs is 6. The van der Waals surface area contributed by atoms with Gasteiger partial charge in [0.15, 0.2) is 0 Å². The van der Waals surface area contributed by atoms with Crippen LogP contribution in [0.2, 0.25) is 0 Å². The van der Waals surface area contributed by atoms with Crippen LogP contribution in [0.3, 0.4) is 0 Å². The maximum atomic E-state index is 4.48. The number of rotatable bonds is 5. The lowest BCUT2D eigenvalue weighted by Gasteiger charge is -2.11. The molecule has 0 unspecified atom stereocenters. The standard InChI is InChI=1S/C46H30N4/c1-3-7-31(8-4-1)35-15-21-43-39(27-35)41-29-47-25-23-45(41)49(43)37-17-11-33(12-18-37)34-13-19-38(20-14-34)50-44-22-16-36(32-9-5-2-6-10-32)28-40(44)42-30-48-26-24-46(42)50/h1-30H. The topological polar surface area (TPSA) is 35.6 Å². The number of hydrogen-bond donors (Lipinski definition) is 0. The van der Waals surface area contributed by atoms with E-state index in [4.69, 9.17) is 0 Å². The predicted octanol–water partition coefficient (Wildman–Crippen LogP) is 11.7. The second kappa shape index (κ2) is 11.4. The van der Waals surface area contributed by atoms with E-state index in [1.165, 1.54) is 55.2 Å². The lowest BCUT2D eigenvalue weighted by Crippen LogP contribution is -1.95. The summed E-state index contributed by atoms with van der Waals surface area (Å²) in [6.45, 7) is 0. The monoisotopic (exact) mass is 638 g/mol. The molecule has 10 rings (SSSR count). The molecule has 234 valence electrons. The van der Waals surface area contributed by atoms with Crippen molar-refractivity contribution < 1.29 is 0 Å². The molecule has 50 heavy (non-hydrogen) atoms. The molecular weight excluding hydrogens is 609 g/mol. The normalized spacial score (nSPS) is 11.6. The van der Waals surface area contributed by atoms with Crippen LogP contribution in [0.25, 0.3) is 88.4 Å². The molecule has 0 atom stereocenters. The highest BCUT2D eigenvalue weighted by atomic mass is 15.0. The third kappa shape index (κ3) is 4.54. The van der Waals surface area contributed by atoms with Gasteiger partial charge in [0.25, 0.3) is 0 Å². The second-order valence-electron chi connectivity index (χ2n) is 12.7. The van der Waals surface area contributed by atoms with Gasteiger partial charge in [-0.3, -0.25) is 9.97 Å². The maximum Gasteiger partial charge on any atom is 0.0571 e. The summed E-state index contributed by atoms with van der Waals surface area (Å²) in [5, 5.41) is 4.70. The van der Waals surface area contributed by atoms with E-state index in [1.54, 1.807) is 0 Å².